The lowest BCUT2D eigenvalue weighted by molar-refractivity contribution is 0.333. The molecule has 3 aliphatic rings. The van der Waals surface area contributed by atoms with Crippen LogP contribution in [0.3, 0.4) is 0 Å². The van der Waals surface area contributed by atoms with Crippen LogP contribution in [0.2, 0.25) is 0 Å². The molecule has 71 heavy (non-hydrogen) atoms. The predicted molar refractivity (Wildman–Crippen MR) is 296 cm³/mol. The van der Waals surface area contributed by atoms with E-state index < -0.39 is 10.8 Å². The Morgan fingerprint density at radius 1 is 0.282 bits per heavy atom. The standard InChI is InChI=1S/C70H57N/c1-67(2)43-44-68(3,4)66-57(37-24-40-62(66)67)59-46-58-55-36-21-23-39-61(55)70(50-29-14-7-15-30-50,51-31-16-8-17-32-51)64(58)47-65(59)71(52-33-18-9-19-34-52)53-41-42-56-54-35-20-22-38-60(54)69(63(56)45-53,48-25-10-5-11-26-48)49-27-12-6-13-28-49/h5-42,45-47H,43-44H2,1-4H3. The zero-order chi connectivity index (χ0) is 48.0. The summed E-state index contributed by atoms with van der Waals surface area (Å²) in [5, 5.41) is 0. The first kappa shape index (κ1) is 43.1. The van der Waals surface area contributed by atoms with Crippen molar-refractivity contribution in [2.45, 2.75) is 62.2 Å². The van der Waals surface area contributed by atoms with E-state index in [9.17, 15) is 0 Å². The molecular weight excluding hydrogens is 855 g/mol. The summed E-state index contributed by atoms with van der Waals surface area (Å²) in [7, 11) is 0. The Bertz CT molecular complexity index is 3550. The van der Waals surface area contributed by atoms with Gasteiger partial charge in [0, 0.05) is 16.9 Å². The maximum absolute atomic E-state index is 2.60. The van der Waals surface area contributed by atoms with Crippen molar-refractivity contribution in [2.24, 2.45) is 0 Å². The highest BCUT2D eigenvalue weighted by atomic mass is 15.1. The molecule has 0 amide bonds. The first-order valence-corrected chi connectivity index (χ1v) is 25.5. The average molecular weight is 912 g/mol. The Morgan fingerprint density at radius 2 is 0.690 bits per heavy atom. The SMILES string of the molecule is CC1(C)CCC(C)(C)c2c(-c3cc4c(cc3N(c3ccccc3)c3ccc5c(c3)C(c3ccccc3)(c3ccccc3)c3ccccc3-5)C(c3ccccc3)(c3ccccc3)c3ccccc3-4)cccc21. The van der Waals surface area contributed by atoms with Gasteiger partial charge in [0.2, 0.25) is 0 Å². The Labute approximate surface area is 419 Å². The highest BCUT2D eigenvalue weighted by Gasteiger charge is 2.49. The molecule has 0 saturated carbocycles. The summed E-state index contributed by atoms with van der Waals surface area (Å²) >= 11 is 0. The molecule has 10 aromatic rings. The molecular formula is C70H57N. The van der Waals surface area contributed by atoms with Crippen LogP contribution in [-0.4, -0.2) is 0 Å². The van der Waals surface area contributed by atoms with Crippen LogP contribution < -0.4 is 4.90 Å². The smallest absolute Gasteiger partial charge is 0.0714 e. The van der Waals surface area contributed by atoms with Crippen molar-refractivity contribution >= 4 is 17.1 Å². The molecule has 0 saturated heterocycles. The van der Waals surface area contributed by atoms with Crippen LogP contribution >= 0.6 is 0 Å². The zero-order valence-corrected chi connectivity index (χ0v) is 41.0. The van der Waals surface area contributed by atoms with Gasteiger partial charge in [0.1, 0.15) is 0 Å². The highest BCUT2D eigenvalue weighted by Crippen LogP contribution is 2.62. The lowest BCUT2D eigenvalue weighted by Crippen LogP contribution is -2.34. The van der Waals surface area contributed by atoms with Crippen molar-refractivity contribution < 1.29 is 0 Å². The Balaban J connectivity index is 1.18. The maximum Gasteiger partial charge on any atom is 0.0714 e. The molecule has 0 heterocycles. The second kappa shape index (κ2) is 16.3. The number of benzene rings is 10. The van der Waals surface area contributed by atoms with Crippen LogP contribution in [0.15, 0.2) is 249 Å². The summed E-state index contributed by atoms with van der Waals surface area (Å²) in [6.45, 7) is 9.85. The third-order valence-corrected chi connectivity index (χ3v) is 16.7. The Kier molecular flexibility index (Phi) is 9.88. The van der Waals surface area contributed by atoms with Crippen LogP contribution in [0.4, 0.5) is 17.1 Å². The highest BCUT2D eigenvalue weighted by molar-refractivity contribution is 5.98. The lowest BCUT2D eigenvalue weighted by Gasteiger charge is -2.43. The summed E-state index contributed by atoms with van der Waals surface area (Å²) in [4.78, 5) is 2.59. The number of hydrogen-bond donors (Lipinski definition) is 0. The monoisotopic (exact) mass is 911 g/mol. The summed E-state index contributed by atoms with van der Waals surface area (Å²) < 4.78 is 0. The van der Waals surface area contributed by atoms with Crippen molar-refractivity contribution in [1.29, 1.82) is 0 Å². The van der Waals surface area contributed by atoms with Gasteiger partial charge in [-0.25, -0.2) is 0 Å². The summed E-state index contributed by atoms with van der Waals surface area (Å²) in [5.41, 5.74) is 23.0. The van der Waals surface area contributed by atoms with Gasteiger partial charge in [-0.15, -0.1) is 0 Å². The fraction of sp³-hybridized carbons (Fsp3) is 0.143. The molecule has 0 unspecified atom stereocenters. The third-order valence-electron chi connectivity index (χ3n) is 16.7. The van der Waals surface area contributed by atoms with E-state index in [0.717, 1.165) is 29.9 Å². The predicted octanol–water partition coefficient (Wildman–Crippen LogP) is 17.9. The van der Waals surface area contributed by atoms with Crippen LogP contribution in [0.1, 0.15) is 96.2 Å². The number of fused-ring (bicyclic) bond motifs is 7. The normalized spacial score (nSPS) is 15.9. The molecule has 1 nitrogen and oxygen atoms in total. The van der Waals surface area contributed by atoms with Gasteiger partial charge < -0.3 is 4.90 Å². The fourth-order valence-electron chi connectivity index (χ4n) is 13.4. The Hall–Kier alpha value is -8.00. The van der Waals surface area contributed by atoms with Gasteiger partial charge in [-0.1, -0.05) is 240 Å². The van der Waals surface area contributed by atoms with E-state index in [1.165, 1.54) is 89.0 Å². The molecule has 10 aromatic carbocycles. The van der Waals surface area contributed by atoms with Crippen molar-refractivity contribution in [3.05, 3.63) is 304 Å². The summed E-state index contributed by atoms with van der Waals surface area (Å²) in [6, 6.07) is 93.9. The fourth-order valence-corrected chi connectivity index (χ4v) is 13.4. The van der Waals surface area contributed by atoms with Gasteiger partial charge in [0.05, 0.1) is 16.5 Å². The van der Waals surface area contributed by atoms with Gasteiger partial charge in [0.25, 0.3) is 0 Å². The second-order valence-electron chi connectivity index (χ2n) is 21.4. The van der Waals surface area contributed by atoms with E-state index in [2.05, 4.69) is 281 Å². The number of anilines is 3. The van der Waals surface area contributed by atoms with E-state index in [-0.39, 0.29) is 10.8 Å². The molecule has 0 spiro atoms. The van der Waals surface area contributed by atoms with E-state index in [0.29, 0.717) is 0 Å². The van der Waals surface area contributed by atoms with E-state index in [4.69, 9.17) is 0 Å². The maximum atomic E-state index is 2.60. The van der Waals surface area contributed by atoms with E-state index >= 15 is 0 Å². The zero-order valence-electron chi connectivity index (χ0n) is 41.0. The molecule has 1 heteroatoms. The molecule has 3 aliphatic carbocycles. The topological polar surface area (TPSA) is 3.24 Å². The van der Waals surface area contributed by atoms with Gasteiger partial charge in [0.15, 0.2) is 0 Å². The van der Waals surface area contributed by atoms with Crippen molar-refractivity contribution in [1.82, 2.24) is 0 Å². The summed E-state index contributed by atoms with van der Waals surface area (Å²) in [6.07, 6.45) is 2.27. The number of hydrogen-bond acceptors (Lipinski definition) is 1. The molecule has 342 valence electrons. The van der Waals surface area contributed by atoms with Crippen LogP contribution in [0.25, 0.3) is 33.4 Å². The molecule has 0 fully saturated rings. The van der Waals surface area contributed by atoms with Crippen LogP contribution in [0.5, 0.6) is 0 Å². The van der Waals surface area contributed by atoms with Gasteiger partial charge >= 0.3 is 0 Å². The number of nitrogens with zero attached hydrogens (tertiary/aromatic N) is 1. The largest absolute Gasteiger partial charge is 0.310 e. The van der Waals surface area contributed by atoms with Crippen LogP contribution in [-0.2, 0) is 21.7 Å². The molecule has 0 bridgehead atoms. The molecule has 0 aliphatic heterocycles. The van der Waals surface area contributed by atoms with Crippen LogP contribution in [0, 0.1) is 0 Å². The molecule has 0 radical (unpaired) electrons. The first-order chi connectivity index (χ1) is 34.7. The quantitative estimate of drug-likeness (QED) is 0.147. The number of para-hydroxylation sites is 1. The van der Waals surface area contributed by atoms with E-state index in [1.807, 2.05) is 0 Å². The van der Waals surface area contributed by atoms with Crippen molar-refractivity contribution in [3.8, 4) is 33.4 Å². The minimum absolute atomic E-state index is 0.0342. The minimum atomic E-state index is -0.586. The molecule has 0 N–H and O–H groups in total. The lowest BCUT2D eigenvalue weighted by atomic mass is 9.61. The van der Waals surface area contributed by atoms with Crippen molar-refractivity contribution in [2.75, 3.05) is 4.90 Å². The molecule has 0 aromatic heterocycles. The number of rotatable bonds is 8. The Morgan fingerprint density at radius 3 is 1.23 bits per heavy atom. The average Bonchev–Trinajstić information content (AvgIpc) is 3.89. The molecule has 0 atom stereocenters. The molecule has 13 rings (SSSR count). The summed E-state index contributed by atoms with van der Waals surface area (Å²) in [5.74, 6) is 0. The minimum Gasteiger partial charge on any atom is -0.310 e. The van der Waals surface area contributed by atoms with Gasteiger partial charge in [-0.05, 0) is 144 Å². The second-order valence-corrected chi connectivity index (χ2v) is 21.4. The van der Waals surface area contributed by atoms with Crippen molar-refractivity contribution in [3.63, 3.8) is 0 Å². The third kappa shape index (κ3) is 6.32. The van der Waals surface area contributed by atoms with Gasteiger partial charge in [-0.2, -0.15) is 0 Å². The van der Waals surface area contributed by atoms with E-state index in [1.54, 1.807) is 0 Å². The first-order valence-electron chi connectivity index (χ1n) is 25.5. The van der Waals surface area contributed by atoms with Gasteiger partial charge in [-0.3, -0.25) is 0 Å².